The smallest absolute Gasteiger partial charge is 0.276 e. The van der Waals surface area contributed by atoms with E-state index in [1.165, 1.54) is 13.2 Å². The molecule has 122 valence electrons. The van der Waals surface area contributed by atoms with Gasteiger partial charge in [-0.3, -0.25) is 20.1 Å². The molecule has 24 heavy (non-hydrogen) atoms. The molecule has 0 spiro atoms. The Balaban J connectivity index is 1.98. The monoisotopic (exact) mass is 324 g/mol. The van der Waals surface area contributed by atoms with Crippen molar-refractivity contribution in [1.29, 1.82) is 5.41 Å². The summed E-state index contributed by atoms with van der Waals surface area (Å²) in [6.07, 6.45) is 3.07. The summed E-state index contributed by atoms with van der Waals surface area (Å²) in [6.45, 7) is 0. The minimum absolute atomic E-state index is 0.310. The van der Waals surface area contributed by atoms with E-state index in [2.05, 4.69) is 9.97 Å². The van der Waals surface area contributed by atoms with Crippen molar-refractivity contribution in [2.45, 2.75) is 0 Å². The number of aromatic nitrogens is 2. The number of ether oxygens (including phenoxy) is 1. The number of anilines is 1. The third-order valence-corrected chi connectivity index (χ3v) is 3.48. The molecule has 0 bridgehead atoms. The van der Waals surface area contributed by atoms with Gasteiger partial charge in [0.15, 0.2) is 11.7 Å². The molecule has 8 heteroatoms. The van der Waals surface area contributed by atoms with E-state index in [9.17, 15) is 4.79 Å². The fourth-order valence-electron chi connectivity index (χ4n) is 2.24. The first-order valence-corrected chi connectivity index (χ1v) is 7.08. The van der Waals surface area contributed by atoms with Gasteiger partial charge in [0.05, 0.1) is 23.6 Å². The Kier molecular flexibility index (Phi) is 3.78. The van der Waals surface area contributed by atoms with Crippen molar-refractivity contribution < 1.29 is 9.53 Å². The van der Waals surface area contributed by atoms with Crippen molar-refractivity contribution in [3.8, 4) is 11.5 Å². The van der Waals surface area contributed by atoms with Crippen LogP contribution in [-0.4, -0.2) is 33.8 Å². The van der Waals surface area contributed by atoms with Gasteiger partial charge in [-0.25, -0.2) is 0 Å². The van der Waals surface area contributed by atoms with E-state index in [-0.39, 0.29) is 5.96 Å². The number of rotatable bonds is 3. The topological polar surface area (TPSA) is 134 Å². The van der Waals surface area contributed by atoms with Crippen LogP contribution in [0.5, 0.6) is 11.5 Å². The van der Waals surface area contributed by atoms with Crippen molar-refractivity contribution in [2.24, 2.45) is 5.73 Å². The third kappa shape index (κ3) is 2.84. The highest BCUT2D eigenvalue weighted by Crippen LogP contribution is 2.30. The van der Waals surface area contributed by atoms with Crippen molar-refractivity contribution in [3.63, 3.8) is 0 Å². The normalized spacial score (nSPS) is 10.5. The standard InChI is InChI=1S/C16H16N6O2/c1-22(16(18)19)15(23)12-5-9-3-2-4-13(14(9)21-12)24-11-6-10(17)7-20-8-11/h2-8,21H,17H2,1H3,(H3,18,19). The predicted molar refractivity (Wildman–Crippen MR) is 91.0 cm³/mol. The van der Waals surface area contributed by atoms with Gasteiger partial charge in [0.2, 0.25) is 0 Å². The first-order valence-electron chi connectivity index (χ1n) is 7.08. The van der Waals surface area contributed by atoms with E-state index in [0.29, 0.717) is 28.4 Å². The zero-order valence-corrected chi connectivity index (χ0v) is 12.9. The first kappa shape index (κ1) is 15.3. The molecule has 0 unspecified atom stereocenters. The van der Waals surface area contributed by atoms with Gasteiger partial charge in [-0.1, -0.05) is 12.1 Å². The number of H-pyrrole nitrogens is 1. The van der Waals surface area contributed by atoms with Crippen LogP contribution in [0, 0.1) is 5.41 Å². The molecular formula is C16H16N6O2. The molecule has 0 aliphatic rings. The Labute approximate surface area is 137 Å². The Morgan fingerprint density at radius 2 is 2.12 bits per heavy atom. The number of amides is 1. The van der Waals surface area contributed by atoms with Crippen LogP contribution in [0.25, 0.3) is 10.9 Å². The number of nitrogens with one attached hydrogen (secondary N) is 2. The first-order chi connectivity index (χ1) is 11.5. The van der Waals surface area contributed by atoms with Gasteiger partial charge < -0.3 is 21.2 Å². The number of carbonyl (C=O) groups is 1. The third-order valence-electron chi connectivity index (χ3n) is 3.48. The summed E-state index contributed by atoms with van der Waals surface area (Å²) in [5, 5.41) is 8.15. The van der Waals surface area contributed by atoms with Crippen molar-refractivity contribution in [1.82, 2.24) is 14.9 Å². The minimum Gasteiger partial charge on any atom is -0.453 e. The molecule has 8 nitrogen and oxygen atoms in total. The molecule has 3 aromatic rings. The molecule has 0 radical (unpaired) electrons. The highest BCUT2D eigenvalue weighted by atomic mass is 16.5. The molecule has 0 atom stereocenters. The number of aromatic amines is 1. The van der Waals surface area contributed by atoms with Gasteiger partial charge >= 0.3 is 0 Å². The average molecular weight is 324 g/mol. The van der Waals surface area contributed by atoms with E-state index in [1.807, 2.05) is 12.1 Å². The fourth-order valence-corrected chi connectivity index (χ4v) is 2.24. The summed E-state index contributed by atoms with van der Waals surface area (Å²) in [6, 6.07) is 8.77. The Morgan fingerprint density at radius 3 is 2.83 bits per heavy atom. The number of nitrogen functional groups attached to an aromatic ring is 1. The SMILES string of the molecule is CN(C(=N)N)C(=O)c1cc2cccc(Oc3cncc(N)c3)c2[nH]1. The molecule has 1 aromatic carbocycles. The van der Waals surface area contributed by atoms with E-state index in [4.69, 9.17) is 21.6 Å². The van der Waals surface area contributed by atoms with Gasteiger partial charge in [0.1, 0.15) is 11.4 Å². The van der Waals surface area contributed by atoms with Gasteiger partial charge in [-0.2, -0.15) is 0 Å². The lowest BCUT2D eigenvalue weighted by Crippen LogP contribution is -2.38. The van der Waals surface area contributed by atoms with Crippen molar-refractivity contribution in [3.05, 3.63) is 48.4 Å². The van der Waals surface area contributed by atoms with E-state index < -0.39 is 5.91 Å². The molecule has 0 saturated carbocycles. The number of pyridine rings is 1. The van der Waals surface area contributed by atoms with Gasteiger partial charge in [-0.15, -0.1) is 0 Å². The molecule has 0 aliphatic carbocycles. The number of nitrogens with zero attached hydrogens (tertiary/aromatic N) is 2. The molecule has 2 aromatic heterocycles. The largest absolute Gasteiger partial charge is 0.453 e. The number of fused-ring (bicyclic) bond motifs is 1. The lowest BCUT2D eigenvalue weighted by molar-refractivity contribution is 0.0864. The Hall–Kier alpha value is -3.55. The second-order valence-electron chi connectivity index (χ2n) is 5.21. The summed E-state index contributed by atoms with van der Waals surface area (Å²) in [7, 11) is 1.44. The summed E-state index contributed by atoms with van der Waals surface area (Å²) < 4.78 is 5.81. The van der Waals surface area contributed by atoms with E-state index in [1.54, 1.807) is 24.4 Å². The van der Waals surface area contributed by atoms with Crippen molar-refractivity contribution in [2.75, 3.05) is 12.8 Å². The van der Waals surface area contributed by atoms with Crippen LogP contribution in [0.4, 0.5) is 5.69 Å². The van der Waals surface area contributed by atoms with Crippen LogP contribution in [-0.2, 0) is 0 Å². The van der Waals surface area contributed by atoms with Crippen molar-refractivity contribution >= 4 is 28.5 Å². The Morgan fingerprint density at radius 1 is 1.33 bits per heavy atom. The molecule has 0 aliphatic heterocycles. The maximum Gasteiger partial charge on any atom is 0.276 e. The summed E-state index contributed by atoms with van der Waals surface area (Å²) in [5.41, 5.74) is 12.5. The summed E-state index contributed by atoms with van der Waals surface area (Å²) >= 11 is 0. The lowest BCUT2D eigenvalue weighted by atomic mass is 10.2. The number of guanidine groups is 1. The molecule has 2 heterocycles. The van der Waals surface area contributed by atoms with Crippen LogP contribution in [0.3, 0.4) is 0 Å². The zero-order valence-electron chi connectivity index (χ0n) is 12.9. The highest BCUT2D eigenvalue weighted by molar-refractivity contribution is 6.06. The average Bonchev–Trinajstić information content (AvgIpc) is 2.98. The second kappa shape index (κ2) is 5.92. The highest BCUT2D eigenvalue weighted by Gasteiger charge is 2.17. The number of nitrogens with two attached hydrogens (primary N) is 2. The van der Waals surface area contributed by atoms with Crippen LogP contribution in [0.2, 0.25) is 0 Å². The van der Waals surface area contributed by atoms with Crippen LogP contribution in [0.15, 0.2) is 42.7 Å². The quantitative estimate of drug-likeness (QED) is 0.431. The minimum atomic E-state index is -0.407. The number of para-hydroxylation sites is 1. The van der Waals surface area contributed by atoms with E-state index in [0.717, 1.165) is 10.3 Å². The maximum absolute atomic E-state index is 12.3. The predicted octanol–water partition coefficient (Wildman–Crippen LogP) is 1.90. The summed E-state index contributed by atoms with van der Waals surface area (Å²) in [4.78, 5) is 20.3. The molecule has 3 rings (SSSR count). The number of hydrogen-bond acceptors (Lipinski definition) is 5. The number of hydrogen-bond donors (Lipinski definition) is 4. The van der Waals surface area contributed by atoms with Crippen LogP contribution in [0.1, 0.15) is 10.5 Å². The number of benzene rings is 1. The maximum atomic E-state index is 12.3. The molecule has 0 saturated heterocycles. The lowest BCUT2D eigenvalue weighted by Gasteiger charge is -2.12. The molecule has 0 fully saturated rings. The second-order valence-corrected chi connectivity index (χ2v) is 5.21. The zero-order chi connectivity index (χ0) is 17.3. The number of carbonyl (C=O) groups excluding carboxylic acids is 1. The van der Waals surface area contributed by atoms with Gasteiger partial charge in [0, 0.05) is 18.5 Å². The summed E-state index contributed by atoms with van der Waals surface area (Å²) in [5.74, 6) is 0.284. The van der Waals surface area contributed by atoms with Gasteiger partial charge in [-0.05, 0) is 12.1 Å². The van der Waals surface area contributed by atoms with Gasteiger partial charge in [0.25, 0.3) is 5.91 Å². The molecular weight excluding hydrogens is 308 g/mol. The Bertz CT molecular complexity index is 933. The molecule has 1 amide bonds. The van der Waals surface area contributed by atoms with Crippen LogP contribution >= 0.6 is 0 Å². The van der Waals surface area contributed by atoms with E-state index >= 15 is 0 Å². The fraction of sp³-hybridized carbons (Fsp3) is 0.0625. The molecule has 6 N–H and O–H groups in total. The van der Waals surface area contributed by atoms with Crippen LogP contribution < -0.4 is 16.2 Å².